The fourth-order valence-electron chi connectivity index (χ4n) is 9.19. The van der Waals surface area contributed by atoms with Gasteiger partial charge in [-0.05, 0) is 127 Å². The summed E-state index contributed by atoms with van der Waals surface area (Å²) in [5, 5.41) is 39.7. The van der Waals surface area contributed by atoms with E-state index in [4.69, 9.17) is 0 Å². The van der Waals surface area contributed by atoms with Gasteiger partial charge in [0.2, 0.25) is 5.91 Å². The zero-order valence-electron chi connectivity index (χ0n) is 48.0. The minimum atomic E-state index is -0.364. The first-order valence-corrected chi connectivity index (χ1v) is 30.9. The molecule has 24 nitrogen and oxygen atoms in total. The van der Waals surface area contributed by atoms with Gasteiger partial charge in [0.25, 0.3) is 23.6 Å². The summed E-state index contributed by atoms with van der Waals surface area (Å²) in [4.78, 5) is 91.3. The number of carbonyl (C=O) groups excluding carboxylic acids is 5. The van der Waals surface area contributed by atoms with Crippen molar-refractivity contribution < 1.29 is 24.0 Å². The van der Waals surface area contributed by atoms with E-state index in [9.17, 15) is 24.0 Å². The Kier molecular flexibility index (Phi) is 18.5. The third-order valence-corrected chi connectivity index (χ3v) is 17.0. The van der Waals surface area contributed by atoms with Crippen molar-refractivity contribution in [1.29, 1.82) is 0 Å². The van der Waals surface area contributed by atoms with E-state index in [1.165, 1.54) is 31.1 Å². The molecule has 1 aliphatic rings. The average Bonchev–Trinajstić information content (AvgIpc) is 3.70. The molecule has 0 saturated heterocycles. The van der Waals surface area contributed by atoms with E-state index in [0.717, 1.165) is 82.0 Å². The van der Waals surface area contributed by atoms with Crippen LogP contribution in [0.25, 0.3) is 38.8 Å². The topological polar surface area (TPSA) is 327 Å². The first kappa shape index (κ1) is 59.9. The van der Waals surface area contributed by atoms with E-state index in [1.54, 1.807) is 78.3 Å². The molecule has 0 spiro atoms. The Morgan fingerprint density at radius 2 is 0.934 bits per heavy atom. The van der Waals surface area contributed by atoms with Crippen molar-refractivity contribution in [2.24, 2.45) is 0 Å². The van der Waals surface area contributed by atoms with Gasteiger partial charge in [-0.1, -0.05) is 36.4 Å². The number of hydrogen-bond acceptors (Lipinski definition) is 18. The number of carbonyl (C=O) groups is 5. The summed E-state index contributed by atoms with van der Waals surface area (Å²) < 4.78 is 2.00. The number of nitrogens with zero attached hydrogens (tertiary/aromatic N) is 11. The van der Waals surface area contributed by atoms with Crippen molar-refractivity contribution in [3.63, 3.8) is 0 Å². The Morgan fingerprint density at radius 3 is 1.41 bits per heavy atom. The number of aryl methyl sites for hydroxylation is 1. The molecule has 8 N–H and O–H groups in total. The van der Waals surface area contributed by atoms with E-state index in [0.29, 0.717) is 56.5 Å². The number of aromatic amines is 3. The Morgan fingerprint density at radius 1 is 0.484 bits per heavy atom. The van der Waals surface area contributed by atoms with E-state index in [-0.39, 0.29) is 36.1 Å². The third kappa shape index (κ3) is 15.1. The van der Waals surface area contributed by atoms with E-state index < -0.39 is 0 Å². The molecule has 8 aromatic heterocycles. The van der Waals surface area contributed by atoms with Gasteiger partial charge in [-0.3, -0.25) is 44.3 Å². The van der Waals surface area contributed by atoms with Crippen LogP contribution in [0.5, 0.6) is 0 Å². The van der Waals surface area contributed by atoms with Gasteiger partial charge in [0.15, 0.2) is 16.9 Å². The molecule has 450 valence electrons. The smallest absolute Gasteiger partial charge is 0.257 e. The Bertz CT molecular complexity index is 4770. The first-order valence-electron chi connectivity index (χ1n) is 27.9. The quantitative estimate of drug-likeness (QED) is 0.0329. The van der Waals surface area contributed by atoms with Gasteiger partial charge in [-0.15, -0.1) is 35.3 Å². The predicted octanol–water partition coefficient (Wildman–Crippen LogP) is 10.9. The highest BCUT2D eigenvalue weighted by Crippen LogP contribution is 2.31. The maximum atomic E-state index is 12.8. The van der Waals surface area contributed by atoms with Crippen molar-refractivity contribution in [1.82, 2.24) is 75.4 Å². The second kappa shape index (κ2) is 28.2. The Labute approximate surface area is 530 Å². The lowest BCUT2D eigenvalue weighted by molar-refractivity contribution is -0.115. The van der Waals surface area contributed by atoms with Crippen LogP contribution in [-0.4, -0.2) is 106 Å². The number of pyridine rings is 1. The lowest BCUT2D eigenvalue weighted by Gasteiger charge is -2.10. The molecule has 5 aromatic carbocycles. The minimum Gasteiger partial charge on any atom is -0.343 e. The normalized spacial score (nSPS) is 11.7. The summed E-state index contributed by atoms with van der Waals surface area (Å²) in [6, 6.07) is 42.7. The van der Waals surface area contributed by atoms with Gasteiger partial charge in [0, 0.05) is 75.4 Å². The van der Waals surface area contributed by atoms with E-state index in [2.05, 4.69) is 92.1 Å². The summed E-state index contributed by atoms with van der Waals surface area (Å²) in [6.45, 7) is 1.78. The Balaban J connectivity index is 0.000000133. The Hall–Kier alpha value is -11.4. The summed E-state index contributed by atoms with van der Waals surface area (Å²) in [5.41, 5.74) is 11.4. The van der Waals surface area contributed by atoms with Crippen LogP contribution in [0.2, 0.25) is 0 Å². The molecule has 0 aliphatic carbocycles. The van der Waals surface area contributed by atoms with Crippen molar-refractivity contribution in [3.05, 3.63) is 240 Å². The number of amides is 5. The molecule has 0 radical (unpaired) electrons. The van der Waals surface area contributed by atoms with Crippen LogP contribution in [0, 0.1) is 6.92 Å². The monoisotopic (exact) mass is 1260 g/mol. The largest absolute Gasteiger partial charge is 0.343 e. The second-order valence-corrected chi connectivity index (χ2v) is 23.0. The number of nitrogens with one attached hydrogen (secondary N) is 8. The van der Waals surface area contributed by atoms with Crippen molar-refractivity contribution in [2.75, 3.05) is 27.8 Å². The molecule has 0 atom stereocenters. The minimum absolute atomic E-state index is 0.110. The number of fused-ring (bicyclic) bond motifs is 4. The highest BCUT2D eigenvalue weighted by Gasteiger charge is 2.21. The van der Waals surface area contributed by atoms with Crippen LogP contribution in [-0.2, 0) is 22.1 Å². The molecule has 27 heteroatoms. The van der Waals surface area contributed by atoms with Gasteiger partial charge in [0.05, 0.1) is 58.1 Å². The lowest BCUT2D eigenvalue weighted by Crippen LogP contribution is -2.28. The van der Waals surface area contributed by atoms with Crippen LogP contribution in [0.4, 0.5) is 22.7 Å². The first-order chi connectivity index (χ1) is 44.5. The molecule has 0 fully saturated rings. The standard InChI is InChI=1S/C23H18N6OS.C22H17N7O3S.C19H16N6OS/c30-22(17-6-8-19(9-7-17)29-10-1-2-11-29)27-18-5-3-4-16(12-18)14-31-23-20-13-26-28-21(20)24-15-25-23;30-18-9-23-21(32)15-5-4-13(7-17(15)28-18)20(31)27-14-3-1-2-12(6-14)10-33-22-16-8-26-29-19(16)24-11-25-22;1-12-5-6-14(8-20-12)18(26)24-15-4-2-3-13(7-15)10-27-19-16-9-23-25-17(16)21-11-22-19/h1-13,15H,14H2,(H,27,30)(H,24,25,26,28);1-8,11H,9-10H2,(H,23,32)(H,27,31)(H,28,30)(H,24,25,26,29);2-9,11H,10H2,1H3,(H,24,26)(H,21,22,23,25). The fourth-order valence-corrected chi connectivity index (χ4v) is 11.9. The van der Waals surface area contributed by atoms with Crippen molar-refractivity contribution in [3.8, 4) is 5.69 Å². The number of anilines is 4. The highest BCUT2D eigenvalue weighted by atomic mass is 32.2. The summed E-state index contributed by atoms with van der Waals surface area (Å²) in [7, 11) is 0. The molecular weight excluding hydrogens is 1210 g/mol. The molecule has 91 heavy (non-hydrogen) atoms. The summed E-state index contributed by atoms with van der Waals surface area (Å²) >= 11 is 4.75. The maximum absolute atomic E-state index is 12.8. The van der Waals surface area contributed by atoms with Crippen LogP contribution in [0.3, 0.4) is 0 Å². The van der Waals surface area contributed by atoms with Gasteiger partial charge in [-0.25, -0.2) is 29.9 Å². The maximum Gasteiger partial charge on any atom is 0.257 e. The summed E-state index contributed by atoms with van der Waals surface area (Å²) in [5.74, 6) is 0.694. The van der Waals surface area contributed by atoms with Crippen molar-refractivity contribution >= 4 is 121 Å². The molecule has 0 bridgehead atoms. The number of aromatic nitrogens is 14. The number of H-pyrrole nitrogens is 3. The van der Waals surface area contributed by atoms with Gasteiger partial charge in [0.1, 0.15) is 34.1 Å². The molecule has 9 heterocycles. The average molecular weight is 1260 g/mol. The molecule has 0 unspecified atom stereocenters. The van der Waals surface area contributed by atoms with Gasteiger partial charge >= 0.3 is 0 Å². The highest BCUT2D eigenvalue weighted by molar-refractivity contribution is 7.99. The SMILES string of the molecule is Cc1ccc(C(=O)Nc2cccc(CSc3ncnc4[nH]ncc34)c2)cn1.O=C(Nc1cccc(CSc2ncnc3[nH]ncc23)c1)c1ccc(-n2cccc2)cc1.O=C1CNC(=O)c2ccc(C(=O)Nc3cccc(CSc4ncnc5[nH]ncc45)c3)cc2N1. The van der Waals surface area contributed by atoms with E-state index >= 15 is 0 Å². The van der Waals surface area contributed by atoms with Crippen LogP contribution < -0.4 is 26.6 Å². The van der Waals surface area contributed by atoms with Gasteiger partial charge in [-0.2, -0.15) is 15.3 Å². The zero-order valence-corrected chi connectivity index (χ0v) is 50.4. The third-order valence-electron chi connectivity index (χ3n) is 13.7. The predicted molar refractivity (Wildman–Crippen MR) is 349 cm³/mol. The lowest BCUT2D eigenvalue weighted by atomic mass is 10.1. The fraction of sp³-hybridized carbons (Fsp3) is 0.0781. The van der Waals surface area contributed by atoms with Crippen molar-refractivity contribution in [2.45, 2.75) is 39.3 Å². The number of rotatable bonds is 16. The second-order valence-electron chi connectivity index (χ2n) is 20.1. The molecular formula is C64H51N19O5S3. The van der Waals surface area contributed by atoms with Crippen LogP contribution in [0.1, 0.15) is 63.8 Å². The van der Waals surface area contributed by atoms with Gasteiger partial charge < -0.3 is 31.2 Å². The number of benzene rings is 5. The molecule has 1 aliphatic heterocycles. The molecule has 5 amide bonds. The number of hydrogen-bond donors (Lipinski definition) is 8. The molecule has 13 aromatic rings. The van der Waals surface area contributed by atoms with E-state index in [1.807, 2.05) is 133 Å². The molecule has 0 saturated carbocycles. The van der Waals surface area contributed by atoms with Crippen LogP contribution >= 0.6 is 35.3 Å². The van der Waals surface area contributed by atoms with Crippen LogP contribution in [0.15, 0.2) is 211 Å². The summed E-state index contributed by atoms with van der Waals surface area (Å²) in [6.07, 6.45) is 15.2. The zero-order chi connectivity index (χ0) is 62.5. The molecule has 14 rings (SSSR count). The number of thioether (sulfide) groups is 3.